The van der Waals surface area contributed by atoms with Crippen LogP contribution in [0.25, 0.3) is 0 Å². The van der Waals surface area contributed by atoms with Crippen molar-refractivity contribution in [3.63, 3.8) is 0 Å². The zero-order valence-corrected chi connectivity index (χ0v) is 9.88. The number of hydrogen-bond acceptors (Lipinski definition) is 4. The maximum Gasteiger partial charge on any atom is 0.306 e. The van der Waals surface area contributed by atoms with Gasteiger partial charge in [-0.15, -0.1) is 0 Å². The molecule has 90 valence electrons. The molecule has 1 atom stereocenters. The highest BCUT2D eigenvalue weighted by Crippen LogP contribution is 2.09. The normalized spacial score (nSPS) is 13.0. The molecule has 0 aliphatic heterocycles. The maximum atomic E-state index is 10.5. The Bertz CT molecular complexity index is 348. The molecule has 16 heavy (non-hydrogen) atoms. The number of hydrogen-bond donors (Lipinski definition) is 1. The van der Waals surface area contributed by atoms with Gasteiger partial charge in [-0.1, -0.05) is 20.8 Å². The summed E-state index contributed by atoms with van der Waals surface area (Å²) in [6.45, 7) is 7.83. The first-order valence-corrected chi connectivity index (χ1v) is 5.39. The van der Waals surface area contributed by atoms with Gasteiger partial charge in [0.2, 0.25) is 0 Å². The van der Waals surface area contributed by atoms with Crippen molar-refractivity contribution in [2.24, 2.45) is 5.92 Å². The Kier molecular flexibility index (Phi) is 4.42. The summed E-state index contributed by atoms with van der Waals surface area (Å²) in [5, 5.41) is 17.7. The molecule has 1 aromatic rings. The average molecular weight is 226 g/mol. The average Bonchev–Trinajstić information content (AvgIpc) is 2.63. The van der Waals surface area contributed by atoms with Gasteiger partial charge < -0.3 is 5.32 Å². The van der Waals surface area contributed by atoms with Gasteiger partial charge in [-0.3, -0.25) is 14.8 Å². The molecule has 0 aliphatic rings. The van der Waals surface area contributed by atoms with Crippen LogP contribution in [-0.4, -0.2) is 27.3 Å². The fourth-order valence-corrected chi connectivity index (χ4v) is 1.37. The molecule has 0 bridgehead atoms. The van der Waals surface area contributed by atoms with Crippen molar-refractivity contribution < 1.29 is 4.92 Å². The van der Waals surface area contributed by atoms with E-state index in [-0.39, 0.29) is 5.69 Å². The molecule has 6 heteroatoms. The molecule has 0 amide bonds. The first kappa shape index (κ1) is 12.6. The SMILES string of the molecule is CC(CNC(C)C)Cn1cc([N+](=O)[O-])cn1. The Morgan fingerprint density at radius 3 is 2.75 bits per heavy atom. The summed E-state index contributed by atoms with van der Waals surface area (Å²) in [5.74, 6) is 0.391. The largest absolute Gasteiger partial charge is 0.314 e. The smallest absolute Gasteiger partial charge is 0.306 e. The number of nitrogens with one attached hydrogen (secondary N) is 1. The lowest BCUT2D eigenvalue weighted by molar-refractivity contribution is -0.385. The van der Waals surface area contributed by atoms with Gasteiger partial charge in [0.1, 0.15) is 12.4 Å². The molecule has 6 nitrogen and oxygen atoms in total. The Hall–Kier alpha value is -1.43. The molecular formula is C10H18N4O2. The highest BCUT2D eigenvalue weighted by molar-refractivity contribution is 5.20. The molecule has 0 spiro atoms. The molecule has 0 aliphatic carbocycles. The van der Waals surface area contributed by atoms with Crippen LogP contribution < -0.4 is 5.32 Å². The van der Waals surface area contributed by atoms with Crippen molar-refractivity contribution in [1.82, 2.24) is 15.1 Å². The number of rotatable bonds is 6. The zero-order chi connectivity index (χ0) is 12.1. The second kappa shape index (κ2) is 5.60. The Morgan fingerprint density at radius 1 is 1.56 bits per heavy atom. The van der Waals surface area contributed by atoms with E-state index in [0.29, 0.717) is 18.5 Å². The van der Waals surface area contributed by atoms with Crippen LogP contribution >= 0.6 is 0 Å². The van der Waals surface area contributed by atoms with Crippen molar-refractivity contribution >= 4 is 5.69 Å². The highest BCUT2D eigenvalue weighted by Gasteiger charge is 2.10. The van der Waals surface area contributed by atoms with Gasteiger partial charge in [-0.05, 0) is 12.5 Å². The van der Waals surface area contributed by atoms with Crippen LogP contribution in [0.3, 0.4) is 0 Å². The van der Waals surface area contributed by atoms with Crippen LogP contribution in [0.4, 0.5) is 5.69 Å². The van der Waals surface area contributed by atoms with Crippen molar-refractivity contribution in [1.29, 1.82) is 0 Å². The highest BCUT2D eigenvalue weighted by atomic mass is 16.6. The second-order valence-electron chi connectivity index (χ2n) is 4.35. The van der Waals surface area contributed by atoms with Gasteiger partial charge in [0.05, 0.1) is 4.92 Å². The third kappa shape index (κ3) is 3.98. The lowest BCUT2D eigenvalue weighted by Crippen LogP contribution is -2.29. The van der Waals surface area contributed by atoms with E-state index in [1.165, 1.54) is 12.4 Å². The maximum absolute atomic E-state index is 10.5. The standard InChI is InChI=1S/C10H18N4O2/c1-8(2)11-4-9(3)6-13-7-10(5-12-13)14(15)16/h5,7-9,11H,4,6H2,1-3H3. The third-order valence-corrected chi connectivity index (χ3v) is 2.20. The van der Waals surface area contributed by atoms with Crippen molar-refractivity contribution in [3.8, 4) is 0 Å². The molecule has 0 aromatic carbocycles. The molecular weight excluding hydrogens is 208 g/mol. The molecule has 1 heterocycles. The Balaban J connectivity index is 2.43. The molecule has 1 rings (SSSR count). The Labute approximate surface area is 94.8 Å². The van der Waals surface area contributed by atoms with E-state index in [0.717, 1.165) is 6.54 Å². The minimum Gasteiger partial charge on any atom is -0.314 e. The fourth-order valence-electron chi connectivity index (χ4n) is 1.37. The van der Waals surface area contributed by atoms with Crippen LogP contribution in [0.5, 0.6) is 0 Å². The van der Waals surface area contributed by atoms with E-state index in [9.17, 15) is 10.1 Å². The quantitative estimate of drug-likeness (QED) is 0.588. The van der Waals surface area contributed by atoms with E-state index in [1.807, 2.05) is 0 Å². The van der Waals surface area contributed by atoms with Gasteiger partial charge in [-0.25, -0.2) is 0 Å². The predicted octanol–water partition coefficient (Wildman–Crippen LogP) is 1.43. The van der Waals surface area contributed by atoms with Gasteiger partial charge in [0.15, 0.2) is 0 Å². The number of nitro groups is 1. The lowest BCUT2D eigenvalue weighted by Gasteiger charge is -2.14. The summed E-state index contributed by atoms with van der Waals surface area (Å²) in [6.07, 6.45) is 2.74. The minimum atomic E-state index is -0.430. The third-order valence-electron chi connectivity index (χ3n) is 2.20. The summed E-state index contributed by atoms with van der Waals surface area (Å²) in [6, 6.07) is 0.453. The van der Waals surface area contributed by atoms with E-state index < -0.39 is 4.92 Å². The number of aromatic nitrogens is 2. The van der Waals surface area contributed by atoms with Crippen molar-refractivity contribution in [2.75, 3.05) is 6.54 Å². The Morgan fingerprint density at radius 2 is 2.25 bits per heavy atom. The van der Waals surface area contributed by atoms with Crippen LogP contribution in [0, 0.1) is 16.0 Å². The van der Waals surface area contributed by atoms with Crippen LogP contribution in [0.15, 0.2) is 12.4 Å². The topological polar surface area (TPSA) is 73.0 Å². The molecule has 0 saturated heterocycles. The second-order valence-corrected chi connectivity index (χ2v) is 4.35. The van der Waals surface area contributed by atoms with Gasteiger partial charge >= 0.3 is 5.69 Å². The van der Waals surface area contributed by atoms with E-state index in [2.05, 4.69) is 31.2 Å². The lowest BCUT2D eigenvalue weighted by atomic mass is 10.2. The van der Waals surface area contributed by atoms with Crippen LogP contribution in [-0.2, 0) is 6.54 Å². The molecule has 0 radical (unpaired) electrons. The predicted molar refractivity (Wildman–Crippen MR) is 61.2 cm³/mol. The monoisotopic (exact) mass is 226 g/mol. The van der Waals surface area contributed by atoms with E-state index in [1.54, 1.807) is 4.68 Å². The molecule has 1 unspecified atom stereocenters. The van der Waals surface area contributed by atoms with Crippen LogP contribution in [0.2, 0.25) is 0 Å². The van der Waals surface area contributed by atoms with Gasteiger partial charge in [0.25, 0.3) is 0 Å². The summed E-state index contributed by atoms with van der Waals surface area (Å²) < 4.78 is 1.62. The summed E-state index contributed by atoms with van der Waals surface area (Å²) >= 11 is 0. The molecule has 1 aromatic heterocycles. The van der Waals surface area contributed by atoms with Crippen molar-refractivity contribution in [2.45, 2.75) is 33.4 Å². The van der Waals surface area contributed by atoms with E-state index >= 15 is 0 Å². The first-order valence-electron chi connectivity index (χ1n) is 5.39. The molecule has 1 N–H and O–H groups in total. The van der Waals surface area contributed by atoms with E-state index in [4.69, 9.17) is 0 Å². The zero-order valence-electron chi connectivity index (χ0n) is 9.88. The number of nitrogens with zero attached hydrogens (tertiary/aromatic N) is 3. The van der Waals surface area contributed by atoms with Gasteiger partial charge in [-0.2, -0.15) is 5.10 Å². The summed E-state index contributed by atoms with van der Waals surface area (Å²) in [4.78, 5) is 10.0. The fraction of sp³-hybridized carbons (Fsp3) is 0.700. The molecule has 0 fully saturated rings. The van der Waals surface area contributed by atoms with Crippen molar-refractivity contribution in [3.05, 3.63) is 22.5 Å². The summed E-state index contributed by atoms with van der Waals surface area (Å²) in [7, 11) is 0. The first-order chi connectivity index (χ1) is 7.49. The molecule has 0 saturated carbocycles. The summed E-state index contributed by atoms with van der Waals surface area (Å²) in [5.41, 5.74) is 0.0454. The minimum absolute atomic E-state index is 0.0454. The van der Waals surface area contributed by atoms with Crippen LogP contribution in [0.1, 0.15) is 20.8 Å². The van der Waals surface area contributed by atoms with Gasteiger partial charge in [0, 0.05) is 12.6 Å².